The number of aromatic nitrogens is 1. The normalized spacial score (nSPS) is 11.6. The first kappa shape index (κ1) is 20.8. The largest absolute Gasteiger partial charge is 0.422 e. The van der Waals surface area contributed by atoms with Crippen LogP contribution in [0, 0.1) is 10.1 Å². The van der Waals surface area contributed by atoms with Crippen LogP contribution in [-0.2, 0) is 6.18 Å². The zero-order valence-corrected chi connectivity index (χ0v) is 16.6. The van der Waals surface area contributed by atoms with Crippen molar-refractivity contribution in [3.05, 3.63) is 79.0 Å². The van der Waals surface area contributed by atoms with Gasteiger partial charge >= 0.3 is 11.8 Å². The minimum absolute atomic E-state index is 0.00133. The number of fused-ring (bicyclic) bond motifs is 1. The first-order chi connectivity index (χ1) is 14.6. The van der Waals surface area contributed by atoms with E-state index < -0.39 is 22.3 Å². The van der Waals surface area contributed by atoms with E-state index in [4.69, 9.17) is 16.0 Å². The van der Waals surface area contributed by atoms with Crippen molar-refractivity contribution < 1.29 is 22.5 Å². The molecule has 0 aliphatic carbocycles. The molecule has 4 rings (SSSR count). The van der Waals surface area contributed by atoms with Gasteiger partial charge < -0.3 is 9.73 Å². The first-order valence-corrected chi connectivity index (χ1v) is 9.69. The number of hydrogen-bond acceptors (Lipinski definition) is 7. The number of non-ortho nitro benzene ring substituents is 1. The molecular formula is C19H9ClF3N3O4S. The smallest absolute Gasteiger partial charge is 0.416 e. The fourth-order valence-electron chi connectivity index (χ4n) is 2.77. The van der Waals surface area contributed by atoms with Gasteiger partial charge in [-0.25, -0.2) is 9.78 Å². The van der Waals surface area contributed by atoms with E-state index in [-0.39, 0.29) is 38.4 Å². The summed E-state index contributed by atoms with van der Waals surface area (Å²) in [5.74, 6) is 0. The van der Waals surface area contributed by atoms with Gasteiger partial charge in [0, 0.05) is 22.9 Å². The molecule has 2 aromatic carbocycles. The number of rotatable bonds is 4. The van der Waals surface area contributed by atoms with Gasteiger partial charge in [-0.15, -0.1) is 11.3 Å². The van der Waals surface area contributed by atoms with Crippen molar-refractivity contribution in [1.29, 1.82) is 0 Å². The molecule has 0 amide bonds. The predicted molar refractivity (Wildman–Crippen MR) is 110 cm³/mol. The zero-order valence-electron chi connectivity index (χ0n) is 15.1. The number of anilines is 2. The maximum absolute atomic E-state index is 12.9. The molecule has 2 aromatic heterocycles. The third-order valence-corrected chi connectivity index (χ3v) is 5.33. The molecule has 4 aromatic rings. The van der Waals surface area contributed by atoms with Crippen LogP contribution in [0.15, 0.2) is 57.1 Å². The Bertz CT molecular complexity index is 1380. The molecule has 0 unspecified atom stereocenters. The minimum Gasteiger partial charge on any atom is -0.422 e. The second kappa shape index (κ2) is 7.67. The van der Waals surface area contributed by atoms with Crippen molar-refractivity contribution in [2.45, 2.75) is 6.18 Å². The number of nitro benzene ring substituents is 1. The Morgan fingerprint density at radius 1 is 1.16 bits per heavy atom. The predicted octanol–water partition coefficient (Wildman–Crippen LogP) is 6.24. The minimum atomic E-state index is -4.54. The molecular weight excluding hydrogens is 459 g/mol. The lowest BCUT2D eigenvalue weighted by atomic mass is 10.1. The monoisotopic (exact) mass is 467 g/mol. The third kappa shape index (κ3) is 4.23. The Kier molecular flexibility index (Phi) is 5.15. The second-order valence-corrected chi connectivity index (χ2v) is 7.55. The van der Waals surface area contributed by atoms with E-state index in [1.165, 1.54) is 29.6 Å². The van der Waals surface area contributed by atoms with E-state index >= 15 is 0 Å². The van der Waals surface area contributed by atoms with E-state index in [9.17, 15) is 28.1 Å². The molecule has 0 fully saturated rings. The van der Waals surface area contributed by atoms with Gasteiger partial charge in [-0.1, -0.05) is 11.6 Å². The van der Waals surface area contributed by atoms with Crippen LogP contribution in [0.25, 0.3) is 22.2 Å². The summed E-state index contributed by atoms with van der Waals surface area (Å²) in [7, 11) is 0. The highest BCUT2D eigenvalue weighted by Gasteiger charge is 2.31. The Morgan fingerprint density at radius 2 is 1.94 bits per heavy atom. The number of nitrogens with one attached hydrogen (secondary N) is 1. The maximum Gasteiger partial charge on any atom is 0.416 e. The summed E-state index contributed by atoms with van der Waals surface area (Å²) < 4.78 is 44.0. The Balaban J connectivity index is 1.69. The summed E-state index contributed by atoms with van der Waals surface area (Å²) >= 11 is 7.01. The summed E-state index contributed by atoms with van der Waals surface area (Å²) in [5, 5.41) is 15.8. The van der Waals surface area contributed by atoms with Gasteiger partial charge in [0.05, 0.1) is 32.5 Å². The molecule has 7 nitrogen and oxygen atoms in total. The van der Waals surface area contributed by atoms with Gasteiger partial charge in [0.15, 0.2) is 5.13 Å². The van der Waals surface area contributed by atoms with Crippen LogP contribution in [0.3, 0.4) is 0 Å². The number of alkyl halides is 3. The molecule has 0 aliphatic heterocycles. The molecule has 0 saturated heterocycles. The molecule has 0 atom stereocenters. The van der Waals surface area contributed by atoms with Gasteiger partial charge in [-0.05, 0) is 30.3 Å². The fourth-order valence-corrected chi connectivity index (χ4v) is 3.66. The van der Waals surface area contributed by atoms with E-state index in [1.54, 1.807) is 0 Å². The quantitative estimate of drug-likeness (QED) is 0.217. The molecule has 31 heavy (non-hydrogen) atoms. The Labute approximate surface area is 179 Å². The van der Waals surface area contributed by atoms with Crippen molar-refractivity contribution in [2.24, 2.45) is 0 Å². The highest BCUT2D eigenvalue weighted by molar-refractivity contribution is 7.14. The molecule has 1 N–H and O–H groups in total. The zero-order chi connectivity index (χ0) is 22.3. The number of nitro groups is 1. The van der Waals surface area contributed by atoms with Crippen LogP contribution in [0.1, 0.15) is 5.56 Å². The van der Waals surface area contributed by atoms with Crippen LogP contribution in [0.5, 0.6) is 0 Å². The molecule has 0 spiro atoms. The molecule has 0 saturated carbocycles. The van der Waals surface area contributed by atoms with Crippen LogP contribution in [0.4, 0.5) is 29.7 Å². The number of nitrogens with zero attached hydrogens (tertiary/aromatic N) is 2. The Hall–Kier alpha value is -3.44. The SMILES string of the molecule is O=c1oc2ccc([N+](=O)[O-])cc2cc1-c1csc(Nc2cc(C(F)(F)F)ccc2Cl)n1. The van der Waals surface area contributed by atoms with Crippen LogP contribution in [0.2, 0.25) is 5.02 Å². The summed E-state index contributed by atoms with van der Waals surface area (Å²) in [6.45, 7) is 0. The van der Waals surface area contributed by atoms with Gasteiger partial charge in [0.2, 0.25) is 0 Å². The second-order valence-electron chi connectivity index (χ2n) is 6.28. The van der Waals surface area contributed by atoms with Crippen molar-refractivity contribution in [3.63, 3.8) is 0 Å². The van der Waals surface area contributed by atoms with E-state index in [0.717, 1.165) is 29.5 Å². The van der Waals surface area contributed by atoms with Gasteiger partial charge in [0.25, 0.3) is 5.69 Å². The summed E-state index contributed by atoms with van der Waals surface area (Å²) in [6, 6.07) is 8.04. The molecule has 0 radical (unpaired) electrons. The lowest BCUT2D eigenvalue weighted by Gasteiger charge is -2.10. The molecule has 158 valence electrons. The average Bonchev–Trinajstić information content (AvgIpc) is 3.16. The van der Waals surface area contributed by atoms with Gasteiger partial charge in [-0.3, -0.25) is 10.1 Å². The lowest BCUT2D eigenvalue weighted by Crippen LogP contribution is -2.05. The first-order valence-electron chi connectivity index (χ1n) is 8.44. The topological polar surface area (TPSA) is 98.3 Å². The van der Waals surface area contributed by atoms with Crippen LogP contribution < -0.4 is 10.9 Å². The van der Waals surface area contributed by atoms with Crippen molar-refractivity contribution in [1.82, 2.24) is 4.98 Å². The number of hydrogen-bond donors (Lipinski definition) is 1. The average molecular weight is 468 g/mol. The standard InChI is InChI=1S/C19H9ClF3N3O4S/c20-13-3-1-10(19(21,22)23)7-14(13)24-18-25-15(8-31-18)12-6-9-5-11(26(28)29)2-4-16(9)30-17(12)27/h1-8H,(H,24,25). The molecule has 2 heterocycles. The molecule has 0 bridgehead atoms. The van der Waals surface area contributed by atoms with Gasteiger partial charge in [-0.2, -0.15) is 13.2 Å². The van der Waals surface area contributed by atoms with Crippen LogP contribution in [-0.4, -0.2) is 9.91 Å². The van der Waals surface area contributed by atoms with E-state index in [2.05, 4.69) is 10.3 Å². The lowest BCUT2D eigenvalue weighted by molar-refractivity contribution is -0.384. The van der Waals surface area contributed by atoms with Crippen molar-refractivity contribution in [2.75, 3.05) is 5.32 Å². The van der Waals surface area contributed by atoms with E-state index in [0.29, 0.717) is 5.39 Å². The van der Waals surface area contributed by atoms with Crippen molar-refractivity contribution >= 4 is 50.4 Å². The van der Waals surface area contributed by atoms with Crippen LogP contribution >= 0.6 is 22.9 Å². The summed E-state index contributed by atoms with van der Waals surface area (Å²) in [5.41, 5.74) is -1.36. The highest BCUT2D eigenvalue weighted by atomic mass is 35.5. The molecule has 12 heteroatoms. The third-order valence-electron chi connectivity index (χ3n) is 4.24. The van der Waals surface area contributed by atoms with Crippen molar-refractivity contribution in [3.8, 4) is 11.3 Å². The fraction of sp³-hybridized carbons (Fsp3) is 0.0526. The van der Waals surface area contributed by atoms with Gasteiger partial charge in [0.1, 0.15) is 5.58 Å². The summed E-state index contributed by atoms with van der Waals surface area (Å²) in [4.78, 5) is 26.9. The maximum atomic E-state index is 12.9. The Morgan fingerprint density at radius 3 is 2.65 bits per heavy atom. The number of benzene rings is 2. The highest BCUT2D eigenvalue weighted by Crippen LogP contribution is 2.36. The van der Waals surface area contributed by atoms with E-state index in [1.807, 2.05) is 0 Å². The number of thiazole rings is 1. The summed E-state index contributed by atoms with van der Waals surface area (Å²) in [6.07, 6.45) is -4.54. The number of halogens is 4. The molecule has 0 aliphatic rings.